The highest BCUT2D eigenvalue weighted by atomic mass is 16.5. The lowest BCUT2D eigenvalue weighted by atomic mass is 10.1. The second-order valence-electron chi connectivity index (χ2n) is 9.43. The van der Waals surface area contributed by atoms with Gasteiger partial charge < -0.3 is 40.2 Å². The van der Waals surface area contributed by atoms with Crippen LogP contribution >= 0.6 is 0 Å². The quantitative estimate of drug-likeness (QED) is 0.276. The number of unbranched alkanes of at least 4 members (excludes halogenated alkanes) is 1. The summed E-state index contributed by atoms with van der Waals surface area (Å²) in [6, 6.07) is 3.35. The van der Waals surface area contributed by atoms with E-state index in [4.69, 9.17) is 19.9 Å². The Kier molecular flexibility index (Phi) is 14.6. The van der Waals surface area contributed by atoms with Crippen LogP contribution in [0, 0.1) is 0 Å². The van der Waals surface area contributed by atoms with E-state index in [1.54, 1.807) is 26.4 Å². The average Bonchev–Trinajstić information content (AvgIpc) is 3.13. The van der Waals surface area contributed by atoms with E-state index < -0.39 is 0 Å². The van der Waals surface area contributed by atoms with Crippen LogP contribution in [0.2, 0.25) is 0 Å². The third-order valence-corrected chi connectivity index (χ3v) is 6.60. The monoisotopic (exact) mass is 508 g/mol. The number of carbonyl (C=O) groups is 1. The summed E-state index contributed by atoms with van der Waals surface area (Å²) in [4.78, 5) is 17.5. The molecule has 1 saturated heterocycles. The lowest BCUT2D eigenvalue weighted by molar-refractivity contribution is 0.0952. The minimum Gasteiger partial charge on any atom is -0.493 e. The Hall–Kier alpha value is -2.07. The number of rotatable bonds is 17. The Morgan fingerprint density at radius 2 is 1.75 bits per heavy atom. The third kappa shape index (κ3) is 10.5. The van der Waals surface area contributed by atoms with E-state index in [1.807, 2.05) is 0 Å². The lowest BCUT2D eigenvalue weighted by Gasteiger charge is -2.22. The number of benzene rings is 1. The normalized spacial score (nSPS) is 15.8. The molecule has 0 aromatic heterocycles. The number of aliphatic hydroxyl groups is 1. The van der Waals surface area contributed by atoms with Crippen LogP contribution in [0.3, 0.4) is 0 Å². The molecule has 36 heavy (non-hydrogen) atoms. The van der Waals surface area contributed by atoms with Crippen molar-refractivity contribution in [3.05, 3.63) is 17.7 Å². The molecule has 9 heteroatoms. The minimum absolute atomic E-state index is 0.166. The molecule has 0 radical (unpaired) electrons. The van der Waals surface area contributed by atoms with Crippen LogP contribution in [0.1, 0.15) is 62.2 Å². The smallest absolute Gasteiger partial charge is 0.251 e. The predicted octanol–water partition coefficient (Wildman–Crippen LogP) is 2.50. The molecule has 0 aliphatic carbocycles. The molecule has 1 atom stereocenters. The van der Waals surface area contributed by atoms with Crippen LogP contribution in [0.15, 0.2) is 12.1 Å². The average molecular weight is 509 g/mol. The van der Waals surface area contributed by atoms with E-state index in [2.05, 4.69) is 22.0 Å². The van der Waals surface area contributed by atoms with Gasteiger partial charge in [0.15, 0.2) is 11.5 Å². The second kappa shape index (κ2) is 17.4. The number of methoxy groups -OCH3 is 2. The summed E-state index contributed by atoms with van der Waals surface area (Å²) in [5.74, 6) is 1.22. The highest BCUT2D eigenvalue weighted by molar-refractivity contribution is 5.95. The van der Waals surface area contributed by atoms with Gasteiger partial charge in [-0.25, -0.2) is 0 Å². The van der Waals surface area contributed by atoms with Crippen molar-refractivity contribution in [2.75, 3.05) is 73.2 Å². The molecule has 1 unspecified atom stereocenters. The molecule has 0 bridgehead atoms. The van der Waals surface area contributed by atoms with Crippen LogP contribution in [0.25, 0.3) is 0 Å². The largest absolute Gasteiger partial charge is 0.493 e. The van der Waals surface area contributed by atoms with Crippen LogP contribution in [0.4, 0.5) is 0 Å². The van der Waals surface area contributed by atoms with Gasteiger partial charge in [0, 0.05) is 31.7 Å². The number of amides is 1. The maximum atomic E-state index is 12.5. The number of carbonyl (C=O) groups excluding carboxylic acids is 1. The Balaban J connectivity index is 1.78. The highest BCUT2D eigenvalue weighted by Gasteiger charge is 2.18. The fourth-order valence-electron chi connectivity index (χ4n) is 4.41. The molecule has 1 heterocycles. The van der Waals surface area contributed by atoms with Gasteiger partial charge in [-0.1, -0.05) is 13.3 Å². The Morgan fingerprint density at radius 3 is 2.42 bits per heavy atom. The molecule has 0 spiro atoms. The molecule has 2 rings (SSSR count). The van der Waals surface area contributed by atoms with E-state index in [-0.39, 0.29) is 12.0 Å². The zero-order valence-electron chi connectivity index (χ0n) is 22.6. The molecule has 206 valence electrons. The second-order valence-corrected chi connectivity index (χ2v) is 9.43. The van der Waals surface area contributed by atoms with Crippen LogP contribution in [-0.2, 0) is 0 Å². The van der Waals surface area contributed by atoms with E-state index in [9.17, 15) is 9.90 Å². The topological polar surface area (TPSA) is 110 Å². The van der Waals surface area contributed by atoms with Crippen LogP contribution in [0.5, 0.6) is 17.2 Å². The van der Waals surface area contributed by atoms with Gasteiger partial charge in [0.1, 0.15) is 0 Å². The molecule has 1 aliphatic heterocycles. The Bertz CT molecular complexity index is 764. The van der Waals surface area contributed by atoms with Crippen molar-refractivity contribution in [1.82, 2.24) is 15.1 Å². The highest BCUT2D eigenvalue weighted by Crippen LogP contribution is 2.38. The van der Waals surface area contributed by atoms with Gasteiger partial charge in [-0.3, -0.25) is 4.79 Å². The van der Waals surface area contributed by atoms with Crippen molar-refractivity contribution >= 4 is 5.91 Å². The molecule has 1 amide bonds. The van der Waals surface area contributed by atoms with E-state index in [0.717, 1.165) is 77.9 Å². The summed E-state index contributed by atoms with van der Waals surface area (Å²) in [7, 11) is 3.09. The van der Waals surface area contributed by atoms with Gasteiger partial charge >= 0.3 is 0 Å². The molecule has 1 aromatic rings. The number of ether oxygens (including phenoxy) is 3. The fraction of sp³-hybridized carbons (Fsp3) is 0.741. The summed E-state index contributed by atoms with van der Waals surface area (Å²) in [5, 5.41) is 13.4. The van der Waals surface area contributed by atoms with E-state index in [1.165, 1.54) is 0 Å². The van der Waals surface area contributed by atoms with Gasteiger partial charge in [-0.2, -0.15) is 0 Å². The molecule has 1 aliphatic rings. The van der Waals surface area contributed by atoms with Gasteiger partial charge in [0.25, 0.3) is 5.91 Å². The number of aliphatic hydroxyl groups excluding tert-OH is 1. The van der Waals surface area contributed by atoms with Crippen molar-refractivity contribution in [3.63, 3.8) is 0 Å². The maximum Gasteiger partial charge on any atom is 0.251 e. The minimum atomic E-state index is -0.364. The Morgan fingerprint density at radius 1 is 1.03 bits per heavy atom. The number of nitrogens with two attached hydrogens (primary N) is 1. The predicted molar refractivity (Wildman–Crippen MR) is 143 cm³/mol. The zero-order chi connectivity index (χ0) is 26.2. The van der Waals surface area contributed by atoms with Crippen molar-refractivity contribution in [1.29, 1.82) is 0 Å². The number of hydrogen-bond donors (Lipinski definition) is 3. The van der Waals surface area contributed by atoms with Crippen molar-refractivity contribution in [2.24, 2.45) is 5.73 Å². The van der Waals surface area contributed by atoms with Gasteiger partial charge in [0.05, 0.1) is 26.9 Å². The van der Waals surface area contributed by atoms with E-state index in [0.29, 0.717) is 48.8 Å². The first-order chi connectivity index (χ1) is 17.5. The molecular formula is C27H48N4O5. The van der Waals surface area contributed by atoms with Crippen molar-refractivity contribution in [2.45, 2.75) is 58.0 Å². The van der Waals surface area contributed by atoms with Crippen LogP contribution < -0.4 is 25.3 Å². The summed E-state index contributed by atoms with van der Waals surface area (Å²) >= 11 is 0. The van der Waals surface area contributed by atoms with Gasteiger partial charge in [-0.15, -0.1) is 0 Å². The summed E-state index contributed by atoms with van der Waals surface area (Å²) in [5.41, 5.74) is 6.11. The standard InChI is InChI=1S/C27H48N4O5/c1-4-5-12-29-27(33)22-20-24(34-2)26(35-3)25(21-22)36-19-6-9-23(32)10-16-31-15-8-14-30(17-18-31)13-7-11-28/h20-21,23,32H,4-19,28H2,1-3H3,(H,29,33). The summed E-state index contributed by atoms with van der Waals surface area (Å²) in [6.45, 7) is 10.2. The van der Waals surface area contributed by atoms with Gasteiger partial charge in [-0.05, 0) is 76.8 Å². The molecule has 4 N–H and O–H groups in total. The van der Waals surface area contributed by atoms with Gasteiger partial charge in [0.2, 0.25) is 5.75 Å². The van der Waals surface area contributed by atoms with E-state index >= 15 is 0 Å². The summed E-state index contributed by atoms with van der Waals surface area (Å²) < 4.78 is 16.9. The lowest BCUT2D eigenvalue weighted by Crippen LogP contribution is -2.33. The Labute approximate surface area is 217 Å². The third-order valence-electron chi connectivity index (χ3n) is 6.60. The number of nitrogens with one attached hydrogen (secondary N) is 1. The van der Waals surface area contributed by atoms with Crippen LogP contribution in [-0.4, -0.2) is 100 Å². The molecule has 1 aromatic carbocycles. The molecule has 1 fully saturated rings. The molecule has 0 saturated carbocycles. The number of nitrogens with zero attached hydrogens (tertiary/aromatic N) is 2. The first-order valence-electron chi connectivity index (χ1n) is 13.5. The number of hydrogen-bond acceptors (Lipinski definition) is 8. The van der Waals surface area contributed by atoms with Crippen molar-refractivity contribution < 1.29 is 24.1 Å². The zero-order valence-corrected chi connectivity index (χ0v) is 22.6. The first kappa shape index (κ1) is 30.2. The molecule has 9 nitrogen and oxygen atoms in total. The van der Waals surface area contributed by atoms with Crippen molar-refractivity contribution in [3.8, 4) is 17.2 Å². The summed E-state index contributed by atoms with van der Waals surface area (Å²) in [6.07, 6.45) is 5.91. The molecular weight excluding hydrogens is 460 g/mol. The maximum absolute atomic E-state index is 12.5. The fourth-order valence-corrected chi connectivity index (χ4v) is 4.41. The first-order valence-corrected chi connectivity index (χ1v) is 13.5. The SMILES string of the molecule is CCCCNC(=O)c1cc(OC)c(OC)c(OCCCC(O)CCN2CCCN(CCCN)CC2)c1.